The molecule has 0 aliphatic carbocycles. The minimum Gasteiger partial charge on any atom is -0.398 e. The molecule has 2 N–H and O–H groups in total. The number of carbonyl (C=O) groups excluding carboxylic acids is 1. The standard InChI is InChI=1S/C9H7FN2O/c1-5(13)9-6(4-11)2-7(10)3-8(9)12/h2-3H,12H2,1H3. The van der Waals surface area contributed by atoms with Gasteiger partial charge in [-0.3, -0.25) is 4.79 Å². The second-order valence-corrected chi connectivity index (χ2v) is 2.59. The SMILES string of the molecule is CC(=O)c1c(N)cc(F)cc1C#N. The summed E-state index contributed by atoms with van der Waals surface area (Å²) in [5.74, 6) is -0.951. The van der Waals surface area contributed by atoms with Crippen LogP contribution in [-0.4, -0.2) is 5.78 Å². The Kier molecular flexibility index (Phi) is 2.29. The normalized spacial score (nSPS) is 9.31. The molecular formula is C9H7FN2O. The summed E-state index contributed by atoms with van der Waals surface area (Å²) in [6.07, 6.45) is 0. The van der Waals surface area contributed by atoms with Crippen LogP contribution in [0.4, 0.5) is 10.1 Å². The molecule has 13 heavy (non-hydrogen) atoms. The highest BCUT2D eigenvalue weighted by Gasteiger charge is 2.12. The van der Waals surface area contributed by atoms with Gasteiger partial charge in [0.15, 0.2) is 5.78 Å². The lowest BCUT2D eigenvalue weighted by Crippen LogP contribution is -2.03. The van der Waals surface area contributed by atoms with E-state index in [4.69, 9.17) is 11.0 Å². The van der Waals surface area contributed by atoms with E-state index in [0.29, 0.717) is 0 Å². The van der Waals surface area contributed by atoms with Crippen molar-refractivity contribution in [2.45, 2.75) is 6.92 Å². The van der Waals surface area contributed by atoms with Crippen molar-refractivity contribution < 1.29 is 9.18 Å². The van der Waals surface area contributed by atoms with Gasteiger partial charge in [-0.15, -0.1) is 0 Å². The summed E-state index contributed by atoms with van der Waals surface area (Å²) < 4.78 is 12.7. The van der Waals surface area contributed by atoms with Crippen LogP contribution in [0.2, 0.25) is 0 Å². The molecule has 0 atom stereocenters. The number of Topliss-reactive ketones (excluding diaryl/α,β-unsaturated/α-hetero) is 1. The average molecular weight is 178 g/mol. The molecule has 0 unspecified atom stereocenters. The molecule has 0 bridgehead atoms. The highest BCUT2D eigenvalue weighted by molar-refractivity contribution is 6.01. The molecule has 1 aromatic carbocycles. The number of nitrogens with two attached hydrogens (primary N) is 1. The molecule has 0 aromatic heterocycles. The number of nitriles is 1. The van der Waals surface area contributed by atoms with E-state index in [9.17, 15) is 9.18 Å². The molecule has 0 saturated carbocycles. The van der Waals surface area contributed by atoms with Crippen molar-refractivity contribution >= 4 is 11.5 Å². The summed E-state index contributed by atoms with van der Waals surface area (Å²) in [6, 6.07) is 3.74. The zero-order chi connectivity index (χ0) is 10.0. The number of halogens is 1. The second-order valence-electron chi connectivity index (χ2n) is 2.59. The Morgan fingerprint density at radius 3 is 2.69 bits per heavy atom. The maximum absolute atomic E-state index is 12.7. The third-order valence-electron chi connectivity index (χ3n) is 1.61. The fraction of sp³-hybridized carbons (Fsp3) is 0.111. The topological polar surface area (TPSA) is 66.9 Å². The van der Waals surface area contributed by atoms with E-state index in [1.807, 2.05) is 0 Å². The van der Waals surface area contributed by atoms with Gasteiger partial charge in [-0.1, -0.05) is 0 Å². The van der Waals surface area contributed by atoms with Crippen LogP contribution in [0.1, 0.15) is 22.8 Å². The summed E-state index contributed by atoms with van der Waals surface area (Å²) in [7, 11) is 0. The van der Waals surface area contributed by atoms with Gasteiger partial charge in [0, 0.05) is 5.69 Å². The molecular weight excluding hydrogens is 171 g/mol. The van der Waals surface area contributed by atoms with Crippen molar-refractivity contribution in [1.82, 2.24) is 0 Å². The van der Waals surface area contributed by atoms with Crippen molar-refractivity contribution in [2.24, 2.45) is 0 Å². The van der Waals surface area contributed by atoms with Gasteiger partial charge >= 0.3 is 0 Å². The molecule has 0 heterocycles. The first kappa shape index (κ1) is 9.20. The maximum Gasteiger partial charge on any atom is 0.163 e. The maximum atomic E-state index is 12.7. The van der Waals surface area contributed by atoms with E-state index in [1.54, 1.807) is 6.07 Å². The van der Waals surface area contributed by atoms with Crippen LogP contribution in [0, 0.1) is 17.1 Å². The number of benzene rings is 1. The van der Waals surface area contributed by atoms with Gasteiger partial charge in [-0.05, 0) is 19.1 Å². The molecule has 1 rings (SSSR count). The highest BCUT2D eigenvalue weighted by Crippen LogP contribution is 2.19. The van der Waals surface area contributed by atoms with E-state index in [2.05, 4.69) is 0 Å². The zero-order valence-electron chi connectivity index (χ0n) is 6.97. The Bertz CT molecular complexity index is 407. The number of nitrogen functional groups attached to an aromatic ring is 1. The number of anilines is 1. The number of ketones is 1. The molecule has 0 aliphatic heterocycles. The molecule has 1 aromatic rings. The monoisotopic (exact) mass is 178 g/mol. The fourth-order valence-electron chi connectivity index (χ4n) is 1.11. The summed E-state index contributed by atoms with van der Waals surface area (Å²) in [4.78, 5) is 11.0. The molecule has 0 spiro atoms. The van der Waals surface area contributed by atoms with Crippen molar-refractivity contribution in [3.8, 4) is 6.07 Å². The second kappa shape index (κ2) is 3.23. The Morgan fingerprint density at radius 2 is 2.23 bits per heavy atom. The van der Waals surface area contributed by atoms with E-state index in [-0.39, 0.29) is 22.6 Å². The molecule has 0 fully saturated rings. The summed E-state index contributed by atoms with van der Waals surface area (Å²) in [5.41, 5.74) is 5.45. The minimum absolute atomic E-state index is 0.00375. The lowest BCUT2D eigenvalue weighted by Gasteiger charge is -2.03. The van der Waals surface area contributed by atoms with E-state index < -0.39 is 5.82 Å². The molecule has 3 nitrogen and oxygen atoms in total. The predicted octanol–water partition coefficient (Wildman–Crippen LogP) is 1.48. The van der Waals surface area contributed by atoms with Crippen LogP contribution < -0.4 is 5.73 Å². The van der Waals surface area contributed by atoms with E-state index in [0.717, 1.165) is 12.1 Å². The van der Waals surface area contributed by atoms with Crippen molar-refractivity contribution in [2.75, 3.05) is 5.73 Å². The largest absolute Gasteiger partial charge is 0.398 e. The quantitative estimate of drug-likeness (QED) is 0.523. The van der Waals surface area contributed by atoms with Gasteiger partial charge in [0.1, 0.15) is 11.9 Å². The highest BCUT2D eigenvalue weighted by atomic mass is 19.1. The van der Waals surface area contributed by atoms with E-state index in [1.165, 1.54) is 6.92 Å². The van der Waals surface area contributed by atoms with Crippen LogP contribution in [0.3, 0.4) is 0 Å². The first-order valence-electron chi connectivity index (χ1n) is 3.56. The smallest absolute Gasteiger partial charge is 0.163 e. The number of rotatable bonds is 1. The third kappa shape index (κ3) is 1.64. The van der Waals surface area contributed by atoms with Gasteiger partial charge in [-0.25, -0.2) is 4.39 Å². The molecule has 0 amide bonds. The molecule has 4 heteroatoms. The Morgan fingerprint density at radius 1 is 1.62 bits per heavy atom. The van der Waals surface area contributed by atoms with Crippen LogP contribution in [0.15, 0.2) is 12.1 Å². The zero-order valence-corrected chi connectivity index (χ0v) is 6.97. The van der Waals surface area contributed by atoms with Crippen molar-refractivity contribution in [1.29, 1.82) is 5.26 Å². The minimum atomic E-state index is -0.612. The van der Waals surface area contributed by atoms with Crippen LogP contribution >= 0.6 is 0 Å². The Balaban J connectivity index is 3.50. The molecule has 0 radical (unpaired) electrons. The van der Waals surface area contributed by atoms with Crippen molar-refractivity contribution in [3.63, 3.8) is 0 Å². The van der Waals surface area contributed by atoms with Gasteiger partial charge in [0.2, 0.25) is 0 Å². The van der Waals surface area contributed by atoms with Gasteiger partial charge in [0.25, 0.3) is 0 Å². The first-order valence-corrected chi connectivity index (χ1v) is 3.56. The summed E-state index contributed by atoms with van der Waals surface area (Å²) in [5, 5.41) is 8.59. The average Bonchev–Trinajstić information content (AvgIpc) is 2.01. The number of carbonyl (C=O) groups is 1. The third-order valence-corrected chi connectivity index (χ3v) is 1.61. The molecule has 66 valence electrons. The van der Waals surface area contributed by atoms with Crippen LogP contribution in [0.5, 0.6) is 0 Å². The molecule has 0 aliphatic rings. The summed E-state index contributed by atoms with van der Waals surface area (Å²) >= 11 is 0. The first-order chi connectivity index (χ1) is 6.06. The van der Waals surface area contributed by atoms with Crippen LogP contribution in [-0.2, 0) is 0 Å². The van der Waals surface area contributed by atoms with E-state index >= 15 is 0 Å². The fourth-order valence-corrected chi connectivity index (χ4v) is 1.11. The number of nitrogens with zero attached hydrogens (tertiary/aromatic N) is 1. The van der Waals surface area contributed by atoms with Gasteiger partial charge < -0.3 is 5.73 Å². The van der Waals surface area contributed by atoms with Gasteiger partial charge in [0.05, 0.1) is 11.1 Å². The Labute approximate surface area is 74.6 Å². The molecule has 0 saturated heterocycles. The predicted molar refractivity (Wildman–Crippen MR) is 45.5 cm³/mol. The Hall–Kier alpha value is -1.89. The van der Waals surface area contributed by atoms with Gasteiger partial charge in [-0.2, -0.15) is 5.26 Å². The number of hydrogen-bond acceptors (Lipinski definition) is 3. The summed E-state index contributed by atoms with van der Waals surface area (Å²) in [6.45, 7) is 1.28. The lowest BCUT2D eigenvalue weighted by molar-refractivity contribution is 0.101. The van der Waals surface area contributed by atoms with Crippen molar-refractivity contribution in [3.05, 3.63) is 29.1 Å². The number of hydrogen-bond donors (Lipinski definition) is 1. The lowest BCUT2D eigenvalue weighted by atomic mass is 10.0. The van der Waals surface area contributed by atoms with Crippen LogP contribution in [0.25, 0.3) is 0 Å².